The van der Waals surface area contributed by atoms with E-state index in [1.807, 2.05) is 0 Å². The van der Waals surface area contributed by atoms with Crippen molar-refractivity contribution in [1.82, 2.24) is 5.32 Å². The monoisotopic (exact) mass is 276 g/mol. The van der Waals surface area contributed by atoms with Crippen molar-refractivity contribution < 1.29 is 4.79 Å². The third-order valence-corrected chi connectivity index (χ3v) is 3.71. The van der Waals surface area contributed by atoms with Crippen LogP contribution in [-0.4, -0.2) is 18.0 Å². The number of carbonyl (C=O) groups excluding carboxylic acids is 1. The molecule has 1 fully saturated rings. The Morgan fingerprint density at radius 3 is 2.33 bits per heavy atom. The summed E-state index contributed by atoms with van der Waals surface area (Å²) in [4.78, 5) is 12.2. The molecule has 0 aromatic heterocycles. The molecule has 0 aromatic rings. The summed E-state index contributed by atoms with van der Waals surface area (Å²) in [7, 11) is 0. The summed E-state index contributed by atoms with van der Waals surface area (Å²) < 4.78 is 0. The van der Waals surface area contributed by atoms with Crippen molar-refractivity contribution in [3.05, 3.63) is 0 Å². The van der Waals surface area contributed by atoms with Crippen LogP contribution in [0.15, 0.2) is 0 Å². The number of nitrogens with two attached hydrogens (primary N) is 1. The van der Waals surface area contributed by atoms with Gasteiger partial charge in [0.25, 0.3) is 0 Å². The first-order chi connectivity index (χ1) is 7.97. The fraction of sp³-hybridized carbons (Fsp3) is 0.929. The molecule has 0 radical (unpaired) electrons. The minimum absolute atomic E-state index is 0. The smallest absolute Gasteiger partial charge is 0.223 e. The molecular formula is C14H29ClN2O. The molecule has 3 N–H and O–H groups in total. The Bertz CT molecular complexity index is 252. The second kappa shape index (κ2) is 8.00. The van der Waals surface area contributed by atoms with Crippen molar-refractivity contribution in [3.63, 3.8) is 0 Å². The van der Waals surface area contributed by atoms with E-state index in [0.717, 1.165) is 19.3 Å². The minimum atomic E-state index is -0.233. The van der Waals surface area contributed by atoms with Gasteiger partial charge in [0, 0.05) is 18.0 Å². The van der Waals surface area contributed by atoms with Gasteiger partial charge in [0.15, 0.2) is 0 Å². The highest BCUT2D eigenvalue weighted by Crippen LogP contribution is 2.25. The fourth-order valence-electron chi connectivity index (χ4n) is 2.85. The van der Waals surface area contributed by atoms with Gasteiger partial charge in [-0.05, 0) is 32.1 Å². The Morgan fingerprint density at radius 1 is 1.33 bits per heavy atom. The van der Waals surface area contributed by atoms with E-state index in [4.69, 9.17) is 5.73 Å². The lowest BCUT2D eigenvalue weighted by Crippen LogP contribution is -2.53. The first-order valence-electron chi connectivity index (χ1n) is 6.99. The number of hydrogen-bond acceptors (Lipinski definition) is 2. The van der Waals surface area contributed by atoms with Crippen LogP contribution in [0.4, 0.5) is 0 Å². The third kappa shape index (κ3) is 5.57. The molecule has 0 spiro atoms. The second-order valence-corrected chi connectivity index (χ2v) is 6.19. The molecular weight excluding hydrogens is 248 g/mol. The molecule has 1 aliphatic carbocycles. The quantitative estimate of drug-likeness (QED) is 0.811. The lowest BCUT2D eigenvalue weighted by Gasteiger charge is -2.33. The van der Waals surface area contributed by atoms with E-state index in [1.54, 1.807) is 0 Å². The third-order valence-electron chi connectivity index (χ3n) is 3.71. The van der Waals surface area contributed by atoms with E-state index >= 15 is 0 Å². The van der Waals surface area contributed by atoms with Crippen molar-refractivity contribution in [3.8, 4) is 0 Å². The van der Waals surface area contributed by atoms with E-state index in [2.05, 4.69) is 26.1 Å². The van der Waals surface area contributed by atoms with Crippen LogP contribution in [0, 0.1) is 11.8 Å². The molecule has 0 aromatic carbocycles. The maximum absolute atomic E-state index is 12.2. The van der Waals surface area contributed by atoms with Gasteiger partial charge in [-0.3, -0.25) is 4.79 Å². The van der Waals surface area contributed by atoms with Crippen LogP contribution in [0.2, 0.25) is 0 Å². The Labute approximate surface area is 118 Å². The zero-order valence-electron chi connectivity index (χ0n) is 12.0. The second-order valence-electron chi connectivity index (χ2n) is 6.19. The fourth-order valence-corrected chi connectivity index (χ4v) is 2.85. The average molecular weight is 277 g/mol. The Hall–Kier alpha value is -0.280. The van der Waals surface area contributed by atoms with Gasteiger partial charge in [0.2, 0.25) is 5.91 Å². The molecule has 0 heterocycles. The zero-order chi connectivity index (χ0) is 12.9. The zero-order valence-corrected chi connectivity index (χ0v) is 12.8. The Morgan fingerprint density at radius 2 is 1.89 bits per heavy atom. The predicted octanol–water partition coefficient (Wildman–Crippen LogP) is 2.87. The highest BCUT2D eigenvalue weighted by Gasteiger charge is 2.29. The van der Waals surface area contributed by atoms with Crippen LogP contribution >= 0.6 is 12.4 Å². The van der Waals surface area contributed by atoms with Crippen LogP contribution in [0.25, 0.3) is 0 Å². The van der Waals surface area contributed by atoms with Crippen LogP contribution in [-0.2, 0) is 4.79 Å². The topological polar surface area (TPSA) is 55.1 Å². The standard InChI is InChI=1S/C14H28N2O.ClH/c1-11(2)9-14(3,10-15)16-13(17)12-7-5-4-6-8-12;/h11-12H,4-10,15H2,1-3H3,(H,16,17);1H. The minimum Gasteiger partial charge on any atom is -0.349 e. The van der Waals surface area contributed by atoms with Crippen molar-refractivity contribution in [2.45, 2.75) is 64.8 Å². The summed E-state index contributed by atoms with van der Waals surface area (Å²) in [6, 6.07) is 0. The van der Waals surface area contributed by atoms with Crippen molar-refractivity contribution in [1.29, 1.82) is 0 Å². The van der Waals surface area contributed by atoms with Crippen LogP contribution < -0.4 is 11.1 Å². The Balaban J connectivity index is 0.00000289. The highest BCUT2D eigenvalue weighted by atomic mass is 35.5. The van der Waals surface area contributed by atoms with Crippen molar-refractivity contribution in [2.75, 3.05) is 6.54 Å². The molecule has 1 atom stereocenters. The van der Waals surface area contributed by atoms with E-state index in [0.29, 0.717) is 12.5 Å². The van der Waals surface area contributed by atoms with E-state index in [9.17, 15) is 4.79 Å². The summed E-state index contributed by atoms with van der Waals surface area (Å²) in [5.74, 6) is 0.996. The number of hydrogen-bond donors (Lipinski definition) is 2. The summed E-state index contributed by atoms with van der Waals surface area (Å²) in [5, 5.41) is 3.18. The largest absolute Gasteiger partial charge is 0.349 e. The number of rotatable bonds is 5. The number of carbonyl (C=O) groups is 1. The summed E-state index contributed by atoms with van der Waals surface area (Å²) in [6.45, 7) is 6.92. The maximum atomic E-state index is 12.2. The SMILES string of the molecule is CC(C)CC(C)(CN)NC(=O)C1CCCCC1.Cl. The van der Waals surface area contributed by atoms with Gasteiger partial charge in [-0.2, -0.15) is 0 Å². The molecule has 1 amide bonds. The molecule has 0 aliphatic heterocycles. The van der Waals surface area contributed by atoms with Gasteiger partial charge in [0.1, 0.15) is 0 Å². The lowest BCUT2D eigenvalue weighted by atomic mass is 9.86. The molecule has 1 saturated carbocycles. The van der Waals surface area contributed by atoms with Gasteiger partial charge in [-0.25, -0.2) is 0 Å². The van der Waals surface area contributed by atoms with Gasteiger partial charge < -0.3 is 11.1 Å². The van der Waals surface area contributed by atoms with Crippen LogP contribution in [0.3, 0.4) is 0 Å². The van der Waals surface area contributed by atoms with Gasteiger partial charge in [0.05, 0.1) is 0 Å². The van der Waals surface area contributed by atoms with Crippen LogP contribution in [0.1, 0.15) is 59.3 Å². The van der Waals surface area contributed by atoms with Crippen molar-refractivity contribution in [2.24, 2.45) is 17.6 Å². The highest BCUT2D eigenvalue weighted by molar-refractivity contribution is 5.85. The maximum Gasteiger partial charge on any atom is 0.223 e. The van der Waals surface area contributed by atoms with Gasteiger partial charge in [-0.15, -0.1) is 12.4 Å². The molecule has 1 aliphatic rings. The predicted molar refractivity (Wildman–Crippen MR) is 78.9 cm³/mol. The van der Waals surface area contributed by atoms with E-state index < -0.39 is 0 Å². The van der Waals surface area contributed by atoms with Crippen LogP contribution in [0.5, 0.6) is 0 Å². The molecule has 108 valence electrons. The van der Waals surface area contributed by atoms with E-state index in [1.165, 1.54) is 19.3 Å². The molecule has 3 nitrogen and oxygen atoms in total. The normalized spacial score (nSPS) is 20.1. The first kappa shape index (κ1) is 17.7. The summed E-state index contributed by atoms with van der Waals surface area (Å²) in [6.07, 6.45) is 6.72. The number of amides is 1. The van der Waals surface area contributed by atoms with E-state index in [-0.39, 0.29) is 29.8 Å². The number of nitrogens with one attached hydrogen (secondary N) is 1. The lowest BCUT2D eigenvalue weighted by molar-refractivity contribution is -0.127. The molecule has 18 heavy (non-hydrogen) atoms. The molecule has 1 rings (SSSR count). The molecule has 4 heteroatoms. The van der Waals surface area contributed by atoms with Crippen molar-refractivity contribution >= 4 is 18.3 Å². The summed E-state index contributed by atoms with van der Waals surface area (Å²) in [5.41, 5.74) is 5.59. The van der Waals surface area contributed by atoms with Gasteiger partial charge in [-0.1, -0.05) is 33.1 Å². The first-order valence-corrected chi connectivity index (χ1v) is 6.99. The molecule has 0 saturated heterocycles. The van der Waals surface area contributed by atoms with Gasteiger partial charge >= 0.3 is 0 Å². The molecule has 1 unspecified atom stereocenters. The Kier molecular flexibility index (Phi) is 7.88. The average Bonchev–Trinajstić information content (AvgIpc) is 2.29. The summed E-state index contributed by atoms with van der Waals surface area (Å²) >= 11 is 0. The number of halogens is 1. The molecule has 0 bridgehead atoms.